The number of hydrogen-bond donors (Lipinski definition) is 1. The van der Waals surface area contributed by atoms with Crippen molar-refractivity contribution in [1.29, 1.82) is 0 Å². The zero-order chi connectivity index (χ0) is 5.98. The molecule has 0 radical (unpaired) electrons. The molecule has 56 valence electrons. The van der Waals surface area contributed by atoms with Gasteiger partial charge in [0.1, 0.15) is 0 Å². The van der Waals surface area contributed by atoms with Crippen LogP contribution in [-0.2, 0) is 0 Å². The molecule has 9 heavy (non-hydrogen) atoms. The Morgan fingerprint density at radius 3 is 2.33 bits per heavy atom. The SMILES string of the molecule is CC1CCCNC1C.[Br-]. The second-order valence-corrected chi connectivity index (χ2v) is 2.86. The molecule has 0 aliphatic carbocycles. The molecule has 1 saturated heterocycles. The van der Waals surface area contributed by atoms with Crippen LogP contribution in [0.1, 0.15) is 26.7 Å². The minimum atomic E-state index is 0. The van der Waals surface area contributed by atoms with Gasteiger partial charge in [0.2, 0.25) is 0 Å². The number of hydrogen-bond acceptors (Lipinski definition) is 1. The van der Waals surface area contributed by atoms with Crippen LogP contribution in [0, 0.1) is 5.92 Å². The lowest BCUT2D eigenvalue weighted by atomic mass is 9.94. The van der Waals surface area contributed by atoms with Gasteiger partial charge in [-0.05, 0) is 32.2 Å². The summed E-state index contributed by atoms with van der Waals surface area (Å²) in [6.45, 7) is 5.81. The van der Waals surface area contributed by atoms with E-state index in [4.69, 9.17) is 0 Å². The molecular formula is C7H15BrN-. The third kappa shape index (κ3) is 2.67. The molecule has 0 aromatic carbocycles. The summed E-state index contributed by atoms with van der Waals surface area (Å²) < 4.78 is 0. The standard InChI is InChI=1S/C7H15N.BrH/c1-6-4-3-5-8-7(6)2;/h6-8H,3-5H2,1-2H3;1H/p-1. The fourth-order valence-corrected chi connectivity index (χ4v) is 1.20. The number of halogens is 1. The Labute approximate surface area is 68.0 Å². The van der Waals surface area contributed by atoms with Gasteiger partial charge in [-0.3, -0.25) is 0 Å². The second-order valence-electron chi connectivity index (χ2n) is 2.86. The van der Waals surface area contributed by atoms with Crippen molar-refractivity contribution in [1.82, 2.24) is 5.32 Å². The van der Waals surface area contributed by atoms with Crippen molar-refractivity contribution in [3.63, 3.8) is 0 Å². The molecule has 0 amide bonds. The third-order valence-corrected chi connectivity index (χ3v) is 2.16. The van der Waals surface area contributed by atoms with Crippen LogP contribution in [0.3, 0.4) is 0 Å². The summed E-state index contributed by atoms with van der Waals surface area (Å²) in [4.78, 5) is 0. The monoisotopic (exact) mass is 192 g/mol. The predicted molar refractivity (Wildman–Crippen MR) is 35.9 cm³/mol. The maximum absolute atomic E-state index is 3.43. The molecule has 1 N–H and O–H groups in total. The van der Waals surface area contributed by atoms with Crippen LogP contribution >= 0.6 is 0 Å². The highest BCUT2D eigenvalue weighted by molar-refractivity contribution is 4.73. The lowest BCUT2D eigenvalue weighted by Crippen LogP contribution is -3.00. The first-order valence-electron chi connectivity index (χ1n) is 3.54. The number of rotatable bonds is 0. The van der Waals surface area contributed by atoms with E-state index in [0.29, 0.717) is 0 Å². The van der Waals surface area contributed by atoms with E-state index in [1.165, 1.54) is 19.4 Å². The van der Waals surface area contributed by atoms with Gasteiger partial charge in [-0.25, -0.2) is 0 Å². The molecule has 0 spiro atoms. The van der Waals surface area contributed by atoms with Gasteiger partial charge in [0.15, 0.2) is 0 Å². The van der Waals surface area contributed by atoms with Crippen LogP contribution in [0.5, 0.6) is 0 Å². The molecule has 1 fully saturated rings. The highest BCUT2D eigenvalue weighted by Crippen LogP contribution is 2.13. The molecule has 0 aromatic rings. The van der Waals surface area contributed by atoms with E-state index in [1.54, 1.807) is 0 Å². The number of nitrogens with one attached hydrogen (secondary N) is 1. The molecule has 1 nitrogen and oxygen atoms in total. The first kappa shape index (κ1) is 9.44. The normalized spacial score (nSPS) is 35.3. The van der Waals surface area contributed by atoms with E-state index in [0.717, 1.165) is 12.0 Å². The first-order valence-corrected chi connectivity index (χ1v) is 3.54. The molecule has 1 heterocycles. The van der Waals surface area contributed by atoms with Crippen molar-refractivity contribution in [2.75, 3.05) is 6.54 Å². The van der Waals surface area contributed by atoms with Gasteiger partial charge in [-0.1, -0.05) is 6.92 Å². The van der Waals surface area contributed by atoms with Crippen molar-refractivity contribution >= 4 is 0 Å². The highest BCUT2D eigenvalue weighted by atomic mass is 79.9. The molecule has 1 rings (SSSR count). The largest absolute Gasteiger partial charge is 1.00 e. The van der Waals surface area contributed by atoms with Crippen molar-refractivity contribution in [3.8, 4) is 0 Å². The summed E-state index contributed by atoms with van der Waals surface area (Å²) in [6, 6.07) is 0.753. The molecule has 0 saturated carbocycles. The summed E-state index contributed by atoms with van der Waals surface area (Å²) in [7, 11) is 0. The van der Waals surface area contributed by atoms with Crippen LogP contribution < -0.4 is 22.3 Å². The molecule has 2 atom stereocenters. The summed E-state index contributed by atoms with van der Waals surface area (Å²) in [5.41, 5.74) is 0. The summed E-state index contributed by atoms with van der Waals surface area (Å²) >= 11 is 0. The molecule has 0 aromatic heterocycles. The molecule has 0 bridgehead atoms. The fraction of sp³-hybridized carbons (Fsp3) is 1.00. The summed E-state index contributed by atoms with van der Waals surface area (Å²) in [5.74, 6) is 0.892. The molecular weight excluding hydrogens is 178 g/mol. The van der Waals surface area contributed by atoms with Crippen molar-refractivity contribution in [3.05, 3.63) is 0 Å². The smallest absolute Gasteiger partial charge is 0.00643 e. The van der Waals surface area contributed by atoms with Gasteiger partial charge in [0, 0.05) is 6.04 Å². The van der Waals surface area contributed by atoms with Crippen molar-refractivity contribution in [2.45, 2.75) is 32.7 Å². The number of piperidine rings is 1. The first-order chi connectivity index (χ1) is 3.80. The average molecular weight is 193 g/mol. The van der Waals surface area contributed by atoms with Crippen LogP contribution in [0.15, 0.2) is 0 Å². The van der Waals surface area contributed by atoms with E-state index in [2.05, 4.69) is 19.2 Å². The van der Waals surface area contributed by atoms with Crippen molar-refractivity contribution in [2.24, 2.45) is 5.92 Å². The zero-order valence-electron chi connectivity index (χ0n) is 6.15. The van der Waals surface area contributed by atoms with E-state index >= 15 is 0 Å². The van der Waals surface area contributed by atoms with Crippen LogP contribution in [-0.4, -0.2) is 12.6 Å². The maximum Gasteiger partial charge on any atom is 0.00643 e. The topological polar surface area (TPSA) is 12.0 Å². The minimum absolute atomic E-state index is 0. The Morgan fingerprint density at radius 2 is 2.00 bits per heavy atom. The van der Waals surface area contributed by atoms with Gasteiger partial charge in [0.05, 0.1) is 0 Å². The Balaban J connectivity index is 0.000000640. The second kappa shape index (κ2) is 4.29. The predicted octanol–water partition coefficient (Wildman–Crippen LogP) is -1.60. The van der Waals surface area contributed by atoms with Crippen molar-refractivity contribution < 1.29 is 17.0 Å². The Kier molecular flexibility index (Phi) is 4.50. The van der Waals surface area contributed by atoms with Crippen LogP contribution in [0.4, 0.5) is 0 Å². The van der Waals surface area contributed by atoms with E-state index in [-0.39, 0.29) is 17.0 Å². The van der Waals surface area contributed by atoms with Gasteiger partial charge < -0.3 is 22.3 Å². The van der Waals surface area contributed by atoms with Crippen LogP contribution in [0.25, 0.3) is 0 Å². The Morgan fingerprint density at radius 1 is 1.33 bits per heavy atom. The van der Waals surface area contributed by atoms with Crippen LogP contribution in [0.2, 0.25) is 0 Å². The quantitative estimate of drug-likeness (QED) is 0.488. The molecule has 2 heteroatoms. The van der Waals surface area contributed by atoms with Gasteiger partial charge in [-0.15, -0.1) is 0 Å². The zero-order valence-corrected chi connectivity index (χ0v) is 7.74. The highest BCUT2D eigenvalue weighted by Gasteiger charge is 2.14. The third-order valence-electron chi connectivity index (χ3n) is 2.16. The Bertz CT molecular complexity index is 65.3. The molecule has 2 unspecified atom stereocenters. The molecule has 1 aliphatic heterocycles. The van der Waals surface area contributed by atoms with Gasteiger partial charge in [0.25, 0.3) is 0 Å². The molecule has 1 aliphatic rings. The van der Waals surface area contributed by atoms with E-state index in [9.17, 15) is 0 Å². The van der Waals surface area contributed by atoms with Gasteiger partial charge >= 0.3 is 0 Å². The summed E-state index contributed by atoms with van der Waals surface area (Å²) in [6.07, 6.45) is 2.78. The Hall–Kier alpha value is 0.440. The minimum Gasteiger partial charge on any atom is -1.00 e. The van der Waals surface area contributed by atoms with Gasteiger partial charge in [-0.2, -0.15) is 0 Å². The van der Waals surface area contributed by atoms with E-state index < -0.39 is 0 Å². The fourth-order valence-electron chi connectivity index (χ4n) is 1.20. The van der Waals surface area contributed by atoms with E-state index in [1.807, 2.05) is 0 Å². The lowest BCUT2D eigenvalue weighted by Gasteiger charge is -2.26. The average Bonchev–Trinajstić information content (AvgIpc) is 1.77. The maximum atomic E-state index is 3.43. The summed E-state index contributed by atoms with van der Waals surface area (Å²) in [5, 5.41) is 3.43. The lowest BCUT2D eigenvalue weighted by molar-refractivity contribution is -0.00000192.